The lowest BCUT2D eigenvalue weighted by molar-refractivity contribution is 0.0370. The van der Waals surface area contributed by atoms with E-state index in [2.05, 4.69) is 19.1 Å². The Morgan fingerprint density at radius 3 is 2.65 bits per heavy atom. The van der Waals surface area contributed by atoms with Gasteiger partial charge in [0.05, 0.1) is 12.7 Å². The lowest BCUT2D eigenvalue weighted by Crippen LogP contribution is -2.03. The van der Waals surface area contributed by atoms with Gasteiger partial charge in [0, 0.05) is 0 Å². The molecule has 0 aliphatic carbocycles. The molecule has 20 heavy (non-hydrogen) atoms. The number of fused-ring (bicyclic) bond motifs is 1. The molecule has 3 heteroatoms. The average Bonchev–Trinajstić information content (AvgIpc) is 2.96. The minimum atomic E-state index is 0.0738. The Bertz CT molecular complexity index is 566. The molecule has 1 unspecified atom stereocenters. The molecular weight excluding hydrogens is 252 g/mol. The van der Waals surface area contributed by atoms with Crippen molar-refractivity contribution in [1.82, 2.24) is 0 Å². The number of rotatable bonds is 5. The highest BCUT2D eigenvalue weighted by Crippen LogP contribution is 2.35. The van der Waals surface area contributed by atoms with E-state index in [1.165, 1.54) is 5.56 Å². The molecule has 3 rings (SSSR count). The highest BCUT2D eigenvalue weighted by molar-refractivity contribution is 5.45. The van der Waals surface area contributed by atoms with Crippen LogP contribution in [0.4, 0.5) is 0 Å². The lowest BCUT2D eigenvalue weighted by Gasteiger charge is -2.17. The minimum absolute atomic E-state index is 0.0738. The van der Waals surface area contributed by atoms with Crippen molar-refractivity contribution in [2.24, 2.45) is 0 Å². The van der Waals surface area contributed by atoms with E-state index < -0.39 is 0 Å². The van der Waals surface area contributed by atoms with Crippen LogP contribution in [0.3, 0.4) is 0 Å². The predicted octanol–water partition coefficient (Wildman–Crippen LogP) is 4.08. The molecule has 0 amide bonds. The SMILES string of the molecule is CCC(OCc1ccccc1)c1ccc2c(c1)OCO2. The van der Waals surface area contributed by atoms with Gasteiger partial charge in [-0.25, -0.2) is 0 Å². The maximum absolute atomic E-state index is 6.03. The predicted molar refractivity (Wildman–Crippen MR) is 76.8 cm³/mol. The largest absolute Gasteiger partial charge is 0.454 e. The van der Waals surface area contributed by atoms with Gasteiger partial charge >= 0.3 is 0 Å². The Labute approximate surface area is 119 Å². The van der Waals surface area contributed by atoms with Crippen molar-refractivity contribution >= 4 is 0 Å². The molecule has 0 saturated carbocycles. The molecule has 2 aromatic rings. The van der Waals surface area contributed by atoms with Crippen molar-refractivity contribution in [2.45, 2.75) is 26.1 Å². The standard InChI is InChI=1S/C17H18O3/c1-2-15(18-11-13-6-4-3-5-7-13)14-8-9-16-17(10-14)20-12-19-16/h3-10,15H,2,11-12H2,1H3. The van der Waals surface area contributed by atoms with Crippen molar-refractivity contribution in [3.63, 3.8) is 0 Å². The van der Waals surface area contributed by atoms with Crippen LogP contribution in [0.5, 0.6) is 11.5 Å². The zero-order valence-corrected chi connectivity index (χ0v) is 11.5. The van der Waals surface area contributed by atoms with Crippen LogP contribution in [0, 0.1) is 0 Å². The fraction of sp³-hybridized carbons (Fsp3) is 0.294. The second kappa shape index (κ2) is 5.97. The van der Waals surface area contributed by atoms with Crippen LogP contribution < -0.4 is 9.47 Å². The molecular formula is C17H18O3. The molecule has 0 bridgehead atoms. The second-order valence-electron chi connectivity index (χ2n) is 4.81. The summed E-state index contributed by atoms with van der Waals surface area (Å²) >= 11 is 0. The van der Waals surface area contributed by atoms with Gasteiger partial charge < -0.3 is 14.2 Å². The first-order chi connectivity index (χ1) is 9.86. The number of hydrogen-bond donors (Lipinski definition) is 0. The van der Waals surface area contributed by atoms with Crippen LogP contribution in [0.15, 0.2) is 48.5 Å². The molecule has 1 atom stereocenters. The van der Waals surface area contributed by atoms with E-state index in [0.29, 0.717) is 13.4 Å². The summed E-state index contributed by atoms with van der Waals surface area (Å²) in [5.74, 6) is 1.62. The van der Waals surface area contributed by atoms with Gasteiger partial charge in [-0.1, -0.05) is 43.3 Å². The van der Waals surface area contributed by atoms with Gasteiger partial charge in [-0.15, -0.1) is 0 Å². The summed E-state index contributed by atoms with van der Waals surface area (Å²) in [5.41, 5.74) is 2.32. The van der Waals surface area contributed by atoms with E-state index in [0.717, 1.165) is 23.5 Å². The molecule has 2 aromatic carbocycles. The normalized spacial score (nSPS) is 14.2. The topological polar surface area (TPSA) is 27.7 Å². The van der Waals surface area contributed by atoms with Crippen LogP contribution in [-0.4, -0.2) is 6.79 Å². The average molecular weight is 270 g/mol. The molecule has 0 spiro atoms. The van der Waals surface area contributed by atoms with Crippen LogP contribution >= 0.6 is 0 Å². The number of hydrogen-bond acceptors (Lipinski definition) is 3. The van der Waals surface area contributed by atoms with E-state index in [1.807, 2.05) is 36.4 Å². The van der Waals surface area contributed by atoms with Gasteiger partial charge in [-0.2, -0.15) is 0 Å². The Hall–Kier alpha value is -2.00. The first-order valence-corrected chi connectivity index (χ1v) is 6.92. The van der Waals surface area contributed by atoms with Gasteiger partial charge in [0.15, 0.2) is 11.5 Å². The van der Waals surface area contributed by atoms with Gasteiger partial charge in [-0.3, -0.25) is 0 Å². The van der Waals surface area contributed by atoms with E-state index >= 15 is 0 Å². The number of benzene rings is 2. The minimum Gasteiger partial charge on any atom is -0.454 e. The maximum atomic E-state index is 6.03. The van der Waals surface area contributed by atoms with Gasteiger partial charge in [0.2, 0.25) is 6.79 Å². The van der Waals surface area contributed by atoms with Gasteiger partial charge in [0.25, 0.3) is 0 Å². The summed E-state index contributed by atoms with van der Waals surface area (Å²) in [6, 6.07) is 16.2. The van der Waals surface area contributed by atoms with Crippen molar-refractivity contribution in [2.75, 3.05) is 6.79 Å². The van der Waals surface area contributed by atoms with Gasteiger partial charge in [0.1, 0.15) is 0 Å². The zero-order valence-electron chi connectivity index (χ0n) is 11.5. The van der Waals surface area contributed by atoms with Crippen molar-refractivity contribution < 1.29 is 14.2 Å². The van der Waals surface area contributed by atoms with Crippen LogP contribution in [0.25, 0.3) is 0 Å². The molecule has 3 nitrogen and oxygen atoms in total. The monoisotopic (exact) mass is 270 g/mol. The third-order valence-corrected chi connectivity index (χ3v) is 3.43. The first kappa shape index (κ1) is 13.0. The summed E-state index contributed by atoms with van der Waals surface area (Å²) < 4.78 is 16.8. The third-order valence-electron chi connectivity index (χ3n) is 3.43. The zero-order chi connectivity index (χ0) is 13.8. The molecule has 0 fully saturated rings. The summed E-state index contributed by atoms with van der Waals surface area (Å²) in [6.07, 6.45) is 0.997. The van der Waals surface area contributed by atoms with Crippen molar-refractivity contribution in [3.8, 4) is 11.5 Å². The van der Waals surface area contributed by atoms with E-state index in [4.69, 9.17) is 14.2 Å². The van der Waals surface area contributed by atoms with E-state index in [9.17, 15) is 0 Å². The Balaban J connectivity index is 1.70. The summed E-state index contributed by atoms with van der Waals surface area (Å²) in [4.78, 5) is 0. The molecule has 0 N–H and O–H groups in total. The van der Waals surface area contributed by atoms with E-state index in [-0.39, 0.29) is 6.10 Å². The fourth-order valence-corrected chi connectivity index (χ4v) is 2.33. The van der Waals surface area contributed by atoms with Crippen molar-refractivity contribution in [1.29, 1.82) is 0 Å². The van der Waals surface area contributed by atoms with Crippen LogP contribution in [-0.2, 0) is 11.3 Å². The Morgan fingerprint density at radius 2 is 1.85 bits per heavy atom. The summed E-state index contributed by atoms with van der Waals surface area (Å²) in [7, 11) is 0. The quantitative estimate of drug-likeness (QED) is 0.819. The molecule has 1 heterocycles. The molecule has 104 valence electrons. The Kier molecular flexibility index (Phi) is 3.88. The molecule has 0 saturated heterocycles. The maximum Gasteiger partial charge on any atom is 0.231 e. The highest BCUT2D eigenvalue weighted by atomic mass is 16.7. The fourth-order valence-electron chi connectivity index (χ4n) is 2.33. The molecule has 0 radical (unpaired) electrons. The van der Waals surface area contributed by atoms with Crippen molar-refractivity contribution in [3.05, 3.63) is 59.7 Å². The number of ether oxygens (including phenoxy) is 3. The molecule has 1 aliphatic rings. The second-order valence-corrected chi connectivity index (χ2v) is 4.81. The Morgan fingerprint density at radius 1 is 1.05 bits per heavy atom. The summed E-state index contributed by atoms with van der Waals surface area (Å²) in [6.45, 7) is 3.05. The first-order valence-electron chi connectivity index (χ1n) is 6.92. The lowest BCUT2D eigenvalue weighted by atomic mass is 10.1. The van der Waals surface area contributed by atoms with E-state index in [1.54, 1.807) is 0 Å². The van der Waals surface area contributed by atoms with Crippen LogP contribution in [0.2, 0.25) is 0 Å². The molecule has 1 aliphatic heterocycles. The third kappa shape index (κ3) is 2.78. The van der Waals surface area contributed by atoms with Crippen LogP contribution in [0.1, 0.15) is 30.6 Å². The summed E-state index contributed by atoms with van der Waals surface area (Å²) in [5, 5.41) is 0. The molecule has 0 aromatic heterocycles. The highest BCUT2D eigenvalue weighted by Gasteiger charge is 2.17. The van der Waals surface area contributed by atoms with Gasteiger partial charge in [-0.05, 0) is 29.7 Å². The smallest absolute Gasteiger partial charge is 0.231 e.